The summed E-state index contributed by atoms with van der Waals surface area (Å²) in [5, 5.41) is 0. The zero-order chi connectivity index (χ0) is 10.6. The molecule has 0 heterocycles. The van der Waals surface area contributed by atoms with Gasteiger partial charge in [-0.2, -0.15) is 0 Å². The second-order valence-corrected chi connectivity index (χ2v) is 2.82. The number of rotatable bonds is 2. The van der Waals surface area contributed by atoms with E-state index in [9.17, 15) is 9.18 Å². The summed E-state index contributed by atoms with van der Waals surface area (Å²) in [6.07, 6.45) is 3.23. The summed E-state index contributed by atoms with van der Waals surface area (Å²) in [6, 6.07) is 6.18. The highest BCUT2D eigenvalue weighted by molar-refractivity contribution is 5.93. The van der Waals surface area contributed by atoms with Crippen molar-refractivity contribution < 1.29 is 9.18 Å². The van der Waals surface area contributed by atoms with E-state index in [0.29, 0.717) is 0 Å². The number of carbonyl (C=O) groups excluding carboxylic acids is 1. The van der Waals surface area contributed by atoms with Gasteiger partial charge < -0.3 is 0 Å². The fourth-order valence-electron chi connectivity index (χ4n) is 1.15. The summed E-state index contributed by atoms with van der Waals surface area (Å²) in [5.74, 6) is -0.617. The minimum Gasteiger partial charge on any atom is -0.285 e. The van der Waals surface area contributed by atoms with E-state index < -0.39 is 5.82 Å². The topological polar surface area (TPSA) is 20.3 Å². The number of allylic oxidation sites excluding steroid dienone is 1. The van der Waals surface area contributed by atoms with Crippen molar-refractivity contribution >= 4 is 11.6 Å². The largest absolute Gasteiger partial charge is 0.285 e. The third-order valence-electron chi connectivity index (χ3n) is 1.75. The molecule has 0 saturated heterocycles. The van der Waals surface area contributed by atoms with Crippen LogP contribution in [0, 0.1) is 5.82 Å². The molecule has 3 heteroatoms. The van der Waals surface area contributed by atoms with E-state index >= 15 is 0 Å². The summed E-state index contributed by atoms with van der Waals surface area (Å²) in [4.78, 5) is 12.5. The van der Waals surface area contributed by atoms with E-state index in [1.54, 1.807) is 37.4 Å². The molecule has 0 aliphatic rings. The summed E-state index contributed by atoms with van der Waals surface area (Å²) < 4.78 is 13.3. The lowest BCUT2D eigenvalue weighted by Gasteiger charge is -2.16. The third-order valence-corrected chi connectivity index (χ3v) is 1.75. The summed E-state index contributed by atoms with van der Waals surface area (Å²) in [6.45, 7) is 3.17. The van der Waals surface area contributed by atoms with Crippen LogP contribution in [0.2, 0.25) is 0 Å². The smallest absolute Gasteiger partial charge is 0.228 e. The Hall–Kier alpha value is -1.64. The molecule has 0 saturated carbocycles. The first kappa shape index (κ1) is 10.4. The van der Waals surface area contributed by atoms with Gasteiger partial charge in [-0.15, -0.1) is 0 Å². The molecule has 0 fully saturated rings. The van der Waals surface area contributed by atoms with E-state index in [2.05, 4.69) is 0 Å². The SMILES string of the molecule is C/C=C\N(C(C)=O)c1ccccc1F. The van der Waals surface area contributed by atoms with Crippen LogP contribution in [0.15, 0.2) is 36.5 Å². The number of carbonyl (C=O) groups is 1. The van der Waals surface area contributed by atoms with E-state index in [0.717, 1.165) is 0 Å². The quantitative estimate of drug-likeness (QED) is 0.707. The van der Waals surface area contributed by atoms with E-state index in [1.165, 1.54) is 17.9 Å². The lowest BCUT2D eigenvalue weighted by Crippen LogP contribution is -2.22. The molecular formula is C11H12FNO. The molecule has 0 radical (unpaired) electrons. The number of hydrogen-bond acceptors (Lipinski definition) is 1. The molecule has 0 spiro atoms. The second-order valence-electron chi connectivity index (χ2n) is 2.82. The zero-order valence-corrected chi connectivity index (χ0v) is 8.20. The minimum absolute atomic E-state index is 0.215. The molecule has 0 bridgehead atoms. The Bertz CT molecular complexity index is 360. The highest BCUT2D eigenvalue weighted by Crippen LogP contribution is 2.18. The van der Waals surface area contributed by atoms with Gasteiger partial charge in [0.25, 0.3) is 0 Å². The monoisotopic (exact) mass is 193 g/mol. The fraction of sp³-hybridized carbons (Fsp3) is 0.182. The van der Waals surface area contributed by atoms with E-state index in [1.807, 2.05) is 0 Å². The maximum atomic E-state index is 13.3. The molecule has 0 aliphatic heterocycles. The number of anilines is 1. The van der Waals surface area contributed by atoms with Gasteiger partial charge in [-0.25, -0.2) is 4.39 Å². The van der Waals surface area contributed by atoms with Gasteiger partial charge in [0.15, 0.2) is 0 Å². The Balaban J connectivity index is 3.11. The summed E-state index contributed by atoms with van der Waals surface area (Å²) >= 11 is 0. The molecule has 0 atom stereocenters. The molecule has 1 amide bonds. The van der Waals surface area contributed by atoms with Gasteiger partial charge in [0.1, 0.15) is 5.82 Å². The van der Waals surface area contributed by atoms with Gasteiger partial charge in [-0.3, -0.25) is 9.69 Å². The van der Waals surface area contributed by atoms with Gasteiger partial charge in [0.05, 0.1) is 5.69 Å². The average Bonchev–Trinajstić information content (AvgIpc) is 2.15. The standard InChI is InChI=1S/C11H12FNO/c1-3-8-13(9(2)14)11-7-5-4-6-10(11)12/h3-8H,1-2H3/b8-3-. The summed E-state index contributed by atoms with van der Waals surface area (Å²) in [5.41, 5.74) is 0.276. The van der Waals surface area contributed by atoms with Crippen molar-refractivity contribution in [2.45, 2.75) is 13.8 Å². The van der Waals surface area contributed by atoms with Crippen molar-refractivity contribution in [3.8, 4) is 0 Å². The van der Waals surface area contributed by atoms with Crippen molar-refractivity contribution in [3.63, 3.8) is 0 Å². The molecular weight excluding hydrogens is 181 g/mol. The molecule has 0 N–H and O–H groups in total. The van der Waals surface area contributed by atoms with Crippen molar-refractivity contribution in [1.82, 2.24) is 0 Å². The van der Waals surface area contributed by atoms with Crippen molar-refractivity contribution in [2.75, 3.05) is 4.90 Å². The first-order chi connectivity index (χ1) is 6.66. The van der Waals surface area contributed by atoms with Crippen LogP contribution in [0.5, 0.6) is 0 Å². The number of hydrogen-bond donors (Lipinski definition) is 0. The Morgan fingerprint density at radius 2 is 2.07 bits per heavy atom. The number of amides is 1. The van der Waals surface area contributed by atoms with Crippen LogP contribution in [0.1, 0.15) is 13.8 Å². The molecule has 0 aromatic heterocycles. The van der Waals surface area contributed by atoms with Crippen LogP contribution in [-0.4, -0.2) is 5.91 Å². The third kappa shape index (κ3) is 2.19. The van der Waals surface area contributed by atoms with Gasteiger partial charge >= 0.3 is 0 Å². The van der Waals surface area contributed by atoms with E-state index in [-0.39, 0.29) is 11.6 Å². The first-order valence-electron chi connectivity index (χ1n) is 4.34. The zero-order valence-electron chi connectivity index (χ0n) is 8.20. The predicted octanol–water partition coefficient (Wildman–Crippen LogP) is 2.71. The normalized spacial score (nSPS) is 10.5. The predicted molar refractivity (Wildman–Crippen MR) is 54.4 cm³/mol. The van der Waals surface area contributed by atoms with Crippen molar-refractivity contribution in [1.29, 1.82) is 0 Å². The number of halogens is 1. The molecule has 2 nitrogen and oxygen atoms in total. The van der Waals surface area contributed by atoms with Crippen molar-refractivity contribution in [3.05, 3.63) is 42.4 Å². The van der Waals surface area contributed by atoms with Crippen LogP contribution in [0.3, 0.4) is 0 Å². The fourth-order valence-corrected chi connectivity index (χ4v) is 1.15. The van der Waals surface area contributed by atoms with Gasteiger partial charge in [0.2, 0.25) is 5.91 Å². The Labute approximate surface area is 82.7 Å². The molecule has 1 aromatic rings. The van der Waals surface area contributed by atoms with Crippen LogP contribution in [0.4, 0.5) is 10.1 Å². The highest BCUT2D eigenvalue weighted by Gasteiger charge is 2.11. The number of benzene rings is 1. The lowest BCUT2D eigenvalue weighted by atomic mass is 10.3. The second kappa shape index (κ2) is 4.56. The Morgan fingerprint density at radius 1 is 1.43 bits per heavy atom. The van der Waals surface area contributed by atoms with Gasteiger partial charge in [0, 0.05) is 13.1 Å². The Morgan fingerprint density at radius 3 is 2.57 bits per heavy atom. The van der Waals surface area contributed by atoms with Crippen LogP contribution in [0.25, 0.3) is 0 Å². The van der Waals surface area contributed by atoms with Crippen LogP contribution >= 0.6 is 0 Å². The van der Waals surface area contributed by atoms with Gasteiger partial charge in [-0.1, -0.05) is 18.2 Å². The molecule has 0 unspecified atom stereocenters. The average molecular weight is 193 g/mol. The van der Waals surface area contributed by atoms with Crippen LogP contribution in [-0.2, 0) is 4.79 Å². The molecule has 14 heavy (non-hydrogen) atoms. The minimum atomic E-state index is -0.402. The van der Waals surface area contributed by atoms with E-state index in [4.69, 9.17) is 0 Å². The lowest BCUT2D eigenvalue weighted by molar-refractivity contribution is -0.116. The number of para-hydroxylation sites is 1. The molecule has 0 aliphatic carbocycles. The Kier molecular flexibility index (Phi) is 3.40. The van der Waals surface area contributed by atoms with Gasteiger partial charge in [-0.05, 0) is 19.1 Å². The molecule has 1 rings (SSSR count). The van der Waals surface area contributed by atoms with Crippen LogP contribution < -0.4 is 4.90 Å². The van der Waals surface area contributed by atoms with Crippen molar-refractivity contribution in [2.24, 2.45) is 0 Å². The highest BCUT2D eigenvalue weighted by atomic mass is 19.1. The maximum absolute atomic E-state index is 13.3. The first-order valence-corrected chi connectivity index (χ1v) is 4.34. The number of nitrogens with zero attached hydrogens (tertiary/aromatic N) is 1. The maximum Gasteiger partial charge on any atom is 0.228 e. The molecule has 74 valence electrons. The summed E-state index contributed by atoms with van der Waals surface area (Å²) in [7, 11) is 0. The molecule has 1 aromatic carbocycles.